The standard InChI is InChI=1S/C22H24FNO3/c23-21-6-2-1-4-17(21)14-24(18-9-10-18)22(25)16-7-11-19(12-8-16)27-15-20-5-3-13-26-20/h1-2,4,6-8,11-12,18,20H,3,5,9-10,13-15H2. The molecule has 5 heteroatoms. The zero-order chi connectivity index (χ0) is 18.6. The summed E-state index contributed by atoms with van der Waals surface area (Å²) < 4.78 is 25.3. The molecule has 4 nitrogen and oxygen atoms in total. The second-order valence-corrected chi connectivity index (χ2v) is 7.23. The van der Waals surface area contributed by atoms with E-state index in [0.29, 0.717) is 24.3 Å². The van der Waals surface area contributed by atoms with Crippen LogP contribution in [0, 0.1) is 5.82 Å². The van der Waals surface area contributed by atoms with Gasteiger partial charge < -0.3 is 14.4 Å². The van der Waals surface area contributed by atoms with Crippen LogP contribution in [-0.4, -0.2) is 36.2 Å². The average molecular weight is 369 g/mol. The van der Waals surface area contributed by atoms with Crippen LogP contribution in [0.15, 0.2) is 48.5 Å². The molecule has 0 aromatic heterocycles. The van der Waals surface area contributed by atoms with Gasteiger partial charge in [-0.05, 0) is 56.0 Å². The van der Waals surface area contributed by atoms with Gasteiger partial charge in [0.1, 0.15) is 18.2 Å². The van der Waals surface area contributed by atoms with Gasteiger partial charge in [-0.15, -0.1) is 0 Å². The first kappa shape index (κ1) is 18.0. The average Bonchev–Trinajstić information content (AvgIpc) is 3.40. The highest BCUT2D eigenvalue weighted by Crippen LogP contribution is 2.30. The lowest BCUT2D eigenvalue weighted by Gasteiger charge is -2.23. The first-order valence-electron chi connectivity index (χ1n) is 9.59. The third-order valence-electron chi connectivity index (χ3n) is 5.11. The van der Waals surface area contributed by atoms with Crippen LogP contribution in [0.3, 0.4) is 0 Å². The van der Waals surface area contributed by atoms with Crippen LogP contribution in [0.1, 0.15) is 41.6 Å². The fourth-order valence-electron chi connectivity index (χ4n) is 3.39. The van der Waals surface area contributed by atoms with Crippen molar-refractivity contribution in [3.63, 3.8) is 0 Å². The van der Waals surface area contributed by atoms with Crippen molar-refractivity contribution in [3.8, 4) is 5.75 Å². The minimum absolute atomic E-state index is 0.0635. The normalized spacial score (nSPS) is 19.1. The van der Waals surface area contributed by atoms with Crippen LogP contribution in [0.4, 0.5) is 4.39 Å². The number of amides is 1. The Bertz CT molecular complexity index is 782. The molecule has 1 unspecified atom stereocenters. The van der Waals surface area contributed by atoms with Gasteiger partial charge in [-0.3, -0.25) is 4.79 Å². The molecule has 142 valence electrons. The predicted octanol–water partition coefficient (Wildman–Crippen LogP) is 4.19. The molecule has 2 aromatic carbocycles. The SMILES string of the molecule is O=C(c1ccc(OCC2CCCO2)cc1)N(Cc1ccccc1F)C1CC1. The molecule has 1 heterocycles. The number of rotatable bonds is 7. The molecule has 2 aliphatic rings. The number of benzene rings is 2. The number of hydrogen-bond donors (Lipinski definition) is 0. The molecule has 1 atom stereocenters. The zero-order valence-electron chi connectivity index (χ0n) is 15.3. The Morgan fingerprint density at radius 1 is 1.11 bits per heavy atom. The molecular weight excluding hydrogens is 345 g/mol. The Balaban J connectivity index is 1.41. The van der Waals surface area contributed by atoms with E-state index in [1.54, 1.807) is 35.2 Å². The van der Waals surface area contributed by atoms with Crippen molar-refractivity contribution in [2.24, 2.45) is 0 Å². The first-order chi connectivity index (χ1) is 13.2. The molecule has 1 saturated heterocycles. The summed E-state index contributed by atoms with van der Waals surface area (Å²) in [4.78, 5) is 14.7. The maximum absolute atomic E-state index is 14.0. The van der Waals surface area contributed by atoms with Gasteiger partial charge in [0.05, 0.1) is 6.10 Å². The Morgan fingerprint density at radius 2 is 1.89 bits per heavy atom. The smallest absolute Gasteiger partial charge is 0.254 e. The van der Waals surface area contributed by atoms with Gasteiger partial charge in [0.25, 0.3) is 5.91 Å². The van der Waals surface area contributed by atoms with E-state index in [2.05, 4.69) is 0 Å². The van der Waals surface area contributed by atoms with E-state index in [9.17, 15) is 9.18 Å². The van der Waals surface area contributed by atoms with E-state index in [1.807, 2.05) is 12.1 Å². The summed E-state index contributed by atoms with van der Waals surface area (Å²) >= 11 is 0. The van der Waals surface area contributed by atoms with Crippen molar-refractivity contribution < 1.29 is 18.7 Å². The van der Waals surface area contributed by atoms with E-state index in [-0.39, 0.29) is 23.9 Å². The summed E-state index contributed by atoms with van der Waals surface area (Å²) in [7, 11) is 0. The molecule has 0 bridgehead atoms. The largest absolute Gasteiger partial charge is 0.491 e. The molecule has 1 aliphatic heterocycles. The van der Waals surface area contributed by atoms with Crippen molar-refractivity contribution in [2.75, 3.05) is 13.2 Å². The van der Waals surface area contributed by atoms with Crippen molar-refractivity contribution in [3.05, 3.63) is 65.5 Å². The van der Waals surface area contributed by atoms with Gasteiger partial charge in [0, 0.05) is 30.3 Å². The highest BCUT2D eigenvalue weighted by molar-refractivity contribution is 5.94. The predicted molar refractivity (Wildman–Crippen MR) is 100 cm³/mol. The van der Waals surface area contributed by atoms with Crippen molar-refractivity contribution in [1.29, 1.82) is 0 Å². The fourth-order valence-corrected chi connectivity index (χ4v) is 3.39. The number of halogens is 1. The fraction of sp³-hybridized carbons (Fsp3) is 0.409. The summed E-state index contributed by atoms with van der Waals surface area (Å²) in [6, 6.07) is 14.0. The van der Waals surface area contributed by atoms with Crippen LogP contribution >= 0.6 is 0 Å². The van der Waals surface area contributed by atoms with E-state index in [1.165, 1.54) is 6.07 Å². The van der Waals surface area contributed by atoms with Gasteiger partial charge in [0.2, 0.25) is 0 Å². The van der Waals surface area contributed by atoms with Gasteiger partial charge >= 0.3 is 0 Å². The third-order valence-corrected chi connectivity index (χ3v) is 5.11. The zero-order valence-corrected chi connectivity index (χ0v) is 15.3. The van der Waals surface area contributed by atoms with E-state index < -0.39 is 0 Å². The van der Waals surface area contributed by atoms with Crippen LogP contribution in [0.5, 0.6) is 5.75 Å². The monoisotopic (exact) mass is 369 g/mol. The summed E-state index contributed by atoms with van der Waals surface area (Å²) in [6.07, 6.45) is 4.23. The minimum Gasteiger partial charge on any atom is -0.491 e. The molecule has 0 N–H and O–H groups in total. The Morgan fingerprint density at radius 3 is 2.56 bits per heavy atom. The number of carbonyl (C=O) groups is 1. The molecular formula is C22H24FNO3. The summed E-state index contributed by atoms with van der Waals surface area (Å²) in [5, 5.41) is 0. The number of ether oxygens (including phenoxy) is 2. The summed E-state index contributed by atoms with van der Waals surface area (Å²) in [5.41, 5.74) is 1.15. The van der Waals surface area contributed by atoms with Gasteiger partial charge in [-0.1, -0.05) is 18.2 Å². The Kier molecular flexibility index (Phi) is 5.39. The highest BCUT2D eigenvalue weighted by atomic mass is 19.1. The molecule has 2 fully saturated rings. The lowest BCUT2D eigenvalue weighted by atomic mass is 10.1. The lowest BCUT2D eigenvalue weighted by molar-refractivity contribution is 0.0678. The maximum Gasteiger partial charge on any atom is 0.254 e. The van der Waals surface area contributed by atoms with Gasteiger partial charge in [-0.25, -0.2) is 4.39 Å². The number of hydrogen-bond acceptors (Lipinski definition) is 3. The van der Waals surface area contributed by atoms with Crippen LogP contribution in [0.25, 0.3) is 0 Å². The molecule has 4 rings (SSSR count). The minimum atomic E-state index is -0.270. The molecule has 1 amide bonds. The Labute approximate surface area is 158 Å². The molecule has 1 aliphatic carbocycles. The summed E-state index contributed by atoms with van der Waals surface area (Å²) in [5.74, 6) is 0.398. The number of nitrogens with zero attached hydrogens (tertiary/aromatic N) is 1. The quantitative estimate of drug-likeness (QED) is 0.735. The topological polar surface area (TPSA) is 38.8 Å². The Hall–Kier alpha value is -2.40. The maximum atomic E-state index is 14.0. The lowest BCUT2D eigenvalue weighted by Crippen LogP contribution is -2.32. The first-order valence-corrected chi connectivity index (χ1v) is 9.59. The van der Waals surface area contributed by atoms with E-state index in [4.69, 9.17) is 9.47 Å². The van der Waals surface area contributed by atoms with E-state index >= 15 is 0 Å². The van der Waals surface area contributed by atoms with Crippen molar-refractivity contribution in [2.45, 2.75) is 44.4 Å². The molecule has 27 heavy (non-hydrogen) atoms. The molecule has 0 radical (unpaired) electrons. The van der Waals surface area contributed by atoms with Crippen LogP contribution in [-0.2, 0) is 11.3 Å². The van der Waals surface area contributed by atoms with Crippen LogP contribution in [0.2, 0.25) is 0 Å². The third kappa shape index (κ3) is 4.48. The second-order valence-electron chi connectivity index (χ2n) is 7.23. The second kappa shape index (κ2) is 8.09. The van der Waals surface area contributed by atoms with Crippen LogP contribution < -0.4 is 4.74 Å². The van der Waals surface area contributed by atoms with Crippen molar-refractivity contribution >= 4 is 5.91 Å². The molecule has 0 spiro atoms. The van der Waals surface area contributed by atoms with E-state index in [0.717, 1.165) is 38.0 Å². The van der Waals surface area contributed by atoms with Gasteiger partial charge in [-0.2, -0.15) is 0 Å². The summed E-state index contributed by atoms with van der Waals surface area (Å²) in [6.45, 7) is 1.64. The molecule has 2 aromatic rings. The molecule has 1 saturated carbocycles. The highest BCUT2D eigenvalue weighted by Gasteiger charge is 2.33. The van der Waals surface area contributed by atoms with Crippen molar-refractivity contribution in [1.82, 2.24) is 4.90 Å². The van der Waals surface area contributed by atoms with Gasteiger partial charge in [0.15, 0.2) is 0 Å². The number of carbonyl (C=O) groups excluding carboxylic acids is 1.